The van der Waals surface area contributed by atoms with Crippen molar-refractivity contribution >= 4 is 17.3 Å². The van der Waals surface area contributed by atoms with Crippen LogP contribution in [0.2, 0.25) is 0 Å². The Morgan fingerprint density at radius 3 is 2.55 bits per heavy atom. The van der Waals surface area contributed by atoms with Crippen LogP contribution in [0.5, 0.6) is 5.75 Å². The number of aromatic nitrogens is 3. The fourth-order valence-corrected chi connectivity index (χ4v) is 4.11. The average Bonchev–Trinajstić information content (AvgIpc) is 3.37. The molecule has 2 atom stereocenters. The van der Waals surface area contributed by atoms with Crippen LogP contribution in [0.15, 0.2) is 54.9 Å². The molecule has 31 heavy (non-hydrogen) atoms. The lowest BCUT2D eigenvalue weighted by Crippen LogP contribution is -2.23. The van der Waals surface area contributed by atoms with E-state index in [1.165, 1.54) is 12.1 Å². The van der Waals surface area contributed by atoms with E-state index < -0.39 is 6.61 Å². The van der Waals surface area contributed by atoms with Crippen LogP contribution in [0.25, 0.3) is 11.1 Å². The minimum Gasteiger partial charge on any atom is -0.435 e. The Hall–Kier alpha value is -3.33. The first-order valence-corrected chi connectivity index (χ1v) is 10.1. The van der Waals surface area contributed by atoms with E-state index in [0.717, 1.165) is 48.9 Å². The van der Waals surface area contributed by atoms with Gasteiger partial charge in [0.2, 0.25) is 0 Å². The number of fused-ring (bicyclic) bond motifs is 1. The minimum atomic E-state index is -2.84. The van der Waals surface area contributed by atoms with Crippen molar-refractivity contribution < 1.29 is 18.3 Å². The molecule has 3 aromatic rings. The van der Waals surface area contributed by atoms with Gasteiger partial charge >= 0.3 is 6.61 Å². The smallest absolute Gasteiger partial charge is 0.387 e. The Labute approximate surface area is 178 Å². The number of hydrogen-bond donors (Lipinski definition) is 1. The number of ether oxygens (including phenoxy) is 2. The molecule has 160 valence electrons. The number of hydrogen-bond acceptors (Lipinski definition) is 7. The molecule has 0 aliphatic carbocycles. The Balaban J connectivity index is 1.30. The number of rotatable bonds is 6. The topological polar surface area (TPSA) is 72.4 Å². The lowest BCUT2D eigenvalue weighted by atomic mass is 10.0. The van der Waals surface area contributed by atoms with E-state index in [0.29, 0.717) is 17.7 Å². The van der Waals surface area contributed by atoms with Gasteiger partial charge in [0.25, 0.3) is 0 Å². The van der Waals surface area contributed by atoms with Crippen LogP contribution < -0.4 is 15.0 Å². The van der Waals surface area contributed by atoms with Crippen molar-refractivity contribution in [3.05, 3.63) is 54.9 Å². The molecule has 2 saturated heterocycles. The zero-order valence-corrected chi connectivity index (χ0v) is 16.6. The molecule has 2 aliphatic heterocycles. The summed E-state index contributed by atoms with van der Waals surface area (Å²) < 4.78 is 34.6. The van der Waals surface area contributed by atoms with Gasteiger partial charge in [0.05, 0.1) is 19.4 Å². The standard InChI is InChI=1S/C22H21F2N5O2/c23-22(24)31-19-3-1-14(2-4-19)15-7-20(28-26-9-15)27-18-5-6-25-21(8-18)29-10-16-12-30-13-17(16)11-29/h1-9,16-17,22H,10-13H2,(H,25,27,28). The maximum absolute atomic E-state index is 12.3. The molecule has 0 amide bonds. The molecule has 0 radical (unpaired) electrons. The fourth-order valence-electron chi connectivity index (χ4n) is 4.11. The molecule has 2 aromatic heterocycles. The summed E-state index contributed by atoms with van der Waals surface area (Å²) in [5.74, 6) is 2.78. The third kappa shape index (κ3) is 4.41. The van der Waals surface area contributed by atoms with E-state index in [1.807, 2.05) is 18.2 Å². The maximum atomic E-state index is 12.3. The van der Waals surface area contributed by atoms with Crippen molar-refractivity contribution in [1.82, 2.24) is 15.2 Å². The van der Waals surface area contributed by atoms with Crippen LogP contribution >= 0.6 is 0 Å². The van der Waals surface area contributed by atoms with Crippen LogP contribution in [-0.4, -0.2) is 48.1 Å². The van der Waals surface area contributed by atoms with Gasteiger partial charge < -0.3 is 19.7 Å². The summed E-state index contributed by atoms with van der Waals surface area (Å²) in [6.07, 6.45) is 3.40. The van der Waals surface area contributed by atoms with Crippen molar-refractivity contribution in [2.75, 3.05) is 36.5 Å². The van der Waals surface area contributed by atoms with Crippen molar-refractivity contribution in [3.63, 3.8) is 0 Å². The van der Waals surface area contributed by atoms with Crippen LogP contribution in [0.1, 0.15) is 0 Å². The molecular formula is C22H21F2N5O2. The van der Waals surface area contributed by atoms with E-state index >= 15 is 0 Å². The molecule has 5 rings (SSSR count). The third-order valence-corrected chi connectivity index (χ3v) is 5.65. The van der Waals surface area contributed by atoms with Gasteiger partial charge in [-0.2, -0.15) is 13.9 Å². The summed E-state index contributed by atoms with van der Waals surface area (Å²) in [4.78, 5) is 6.83. The molecule has 7 nitrogen and oxygen atoms in total. The molecule has 0 bridgehead atoms. The van der Waals surface area contributed by atoms with Gasteiger partial charge in [0.15, 0.2) is 5.82 Å². The first-order valence-electron chi connectivity index (χ1n) is 10.1. The van der Waals surface area contributed by atoms with Crippen molar-refractivity contribution in [1.29, 1.82) is 0 Å². The van der Waals surface area contributed by atoms with Crippen molar-refractivity contribution in [2.45, 2.75) is 6.61 Å². The van der Waals surface area contributed by atoms with Gasteiger partial charge in [0, 0.05) is 48.4 Å². The molecule has 1 aromatic carbocycles. The van der Waals surface area contributed by atoms with Crippen LogP contribution in [0.3, 0.4) is 0 Å². The van der Waals surface area contributed by atoms with Crippen LogP contribution in [-0.2, 0) is 4.74 Å². The first kappa shape index (κ1) is 19.6. The molecule has 1 N–H and O–H groups in total. The van der Waals surface area contributed by atoms with Gasteiger partial charge in [0.1, 0.15) is 11.6 Å². The Bertz CT molecular complexity index is 1040. The number of alkyl halides is 2. The second kappa shape index (κ2) is 8.43. The van der Waals surface area contributed by atoms with E-state index in [-0.39, 0.29) is 5.75 Å². The zero-order valence-electron chi connectivity index (χ0n) is 16.6. The highest BCUT2D eigenvalue weighted by Crippen LogP contribution is 2.33. The molecule has 2 unspecified atom stereocenters. The predicted molar refractivity (Wildman–Crippen MR) is 112 cm³/mol. The molecule has 2 aliphatic rings. The second-order valence-electron chi connectivity index (χ2n) is 7.72. The maximum Gasteiger partial charge on any atom is 0.387 e. The molecule has 4 heterocycles. The third-order valence-electron chi connectivity index (χ3n) is 5.65. The van der Waals surface area contributed by atoms with E-state index in [9.17, 15) is 8.78 Å². The number of pyridine rings is 1. The lowest BCUT2D eigenvalue weighted by Gasteiger charge is -2.19. The molecule has 9 heteroatoms. The highest BCUT2D eigenvalue weighted by Gasteiger charge is 2.37. The summed E-state index contributed by atoms with van der Waals surface area (Å²) >= 11 is 0. The Kier molecular flexibility index (Phi) is 5.33. The zero-order chi connectivity index (χ0) is 21.2. The van der Waals surface area contributed by atoms with Gasteiger partial charge in [-0.3, -0.25) is 0 Å². The molecular weight excluding hydrogens is 404 g/mol. The number of nitrogens with zero attached hydrogens (tertiary/aromatic N) is 4. The number of halogens is 2. The molecule has 2 fully saturated rings. The first-order chi connectivity index (χ1) is 15.1. The number of benzene rings is 1. The van der Waals surface area contributed by atoms with Gasteiger partial charge in [-0.05, 0) is 29.8 Å². The van der Waals surface area contributed by atoms with Crippen LogP contribution in [0, 0.1) is 11.8 Å². The van der Waals surface area contributed by atoms with E-state index in [2.05, 4.69) is 30.1 Å². The summed E-state index contributed by atoms with van der Waals surface area (Å²) in [7, 11) is 0. The van der Waals surface area contributed by atoms with Gasteiger partial charge in [-0.15, -0.1) is 5.10 Å². The minimum absolute atomic E-state index is 0.112. The summed E-state index contributed by atoms with van der Waals surface area (Å²) in [6, 6.07) is 12.2. The van der Waals surface area contributed by atoms with E-state index in [1.54, 1.807) is 24.5 Å². The summed E-state index contributed by atoms with van der Waals surface area (Å²) in [6.45, 7) is 0.736. The van der Waals surface area contributed by atoms with E-state index in [4.69, 9.17) is 4.74 Å². The average molecular weight is 425 g/mol. The predicted octanol–water partition coefficient (Wildman–Crippen LogP) is 3.97. The second-order valence-corrected chi connectivity index (χ2v) is 7.72. The molecule has 0 saturated carbocycles. The largest absolute Gasteiger partial charge is 0.435 e. The normalized spacial score (nSPS) is 20.2. The van der Waals surface area contributed by atoms with Gasteiger partial charge in [-0.25, -0.2) is 4.98 Å². The monoisotopic (exact) mass is 425 g/mol. The Morgan fingerprint density at radius 1 is 1.03 bits per heavy atom. The number of nitrogens with one attached hydrogen (secondary N) is 1. The highest BCUT2D eigenvalue weighted by atomic mass is 19.3. The number of anilines is 3. The molecule has 0 spiro atoms. The summed E-state index contributed by atoms with van der Waals surface area (Å²) in [5.41, 5.74) is 2.49. The highest BCUT2D eigenvalue weighted by molar-refractivity contribution is 5.68. The summed E-state index contributed by atoms with van der Waals surface area (Å²) in [5, 5.41) is 11.5. The Morgan fingerprint density at radius 2 is 1.81 bits per heavy atom. The quantitative estimate of drug-likeness (QED) is 0.641. The SMILES string of the molecule is FC(F)Oc1ccc(-c2cnnc(Nc3ccnc(N4CC5COCC5C4)c3)c2)cc1. The lowest BCUT2D eigenvalue weighted by molar-refractivity contribution is -0.0498. The van der Waals surface area contributed by atoms with Crippen molar-refractivity contribution in [3.8, 4) is 16.9 Å². The van der Waals surface area contributed by atoms with Crippen molar-refractivity contribution in [2.24, 2.45) is 11.8 Å². The van der Waals surface area contributed by atoms with Gasteiger partial charge in [-0.1, -0.05) is 12.1 Å². The van der Waals surface area contributed by atoms with Crippen LogP contribution in [0.4, 0.5) is 26.1 Å². The fraction of sp³-hybridized carbons (Fsp3) is 0.318.